The molecule has 3 rings (SSSR count). The van der Waals surface area contributed by atoms with Crippen LogP contribution in [0.15, 0.2) is 91.0 Å². The maximum absolute atomic E-state index is 10.6. The molecule has 0 atom stereocenters. The largest absolute Gasteiger partial charge is 0.463 e. The first kappa shape index (κ1) is 50.0. The summed E-state index contributed by atoms with van der Waals surface area (Å²) in [4.78, 5) is 10.6. The molecule has 14 heteroatoms. The summed E-state index contributed by atoms with van der Waals surface area (Å²) >= 11 is 0. The molecule has 0 aliphatic carbocycles. The molecule has 0 saturated heterocycles. The fraction of sp³-hybridized carbons (Fsp3) is 0.578. The zero-order valence-electron chi connectivity index (χ0n) is 34.8. The standard InChI is InChI=1S/C45H66O14/c1-41(46)58-39-37-56-35-33-54-31-29-52-27-25-50-23-21-48-19-17-47-18-20-49-22-24-51-26-28-53-30-32-55-34-36-57-38-40-59-45(42-11-5-2-6-12-42,43-13-7-3-8-14-43)44-15-9-4-10-16-44/h2-16H,17-40H2,1H3. The highest BCUT2D eigenvalue weighted by Crippen LogP contribution is 2.40. The molecule has 0 aliphatic rings. The highest BCUT2D eigenvalue weighted by Gasteiger charge is 2.37. The van der Waals surface area contributed by atoms with Gasteiger partial charge in [0.2, 0.25) is 0 Å². The Kier molecular flexibility index (Phi) is 30.0. The van der Waals surface area contributed by atoms with Crippen LogP contribution in [0.4, 0.5) is 0 Å². The Bertz CT molecular complexity index is 1270. The molecule has 3 aromatic rings. The van der Waals surface area contributed by atoms with E-state index in [0.717, 1.165) is 16.7 Å². The topological polar surface area (TPSA) is 137 Å². The zero-order valence-corrected chi connectivity index (χ0v) is 34.8. The van der Waals surface area contributed by atoms with E-state index in [1.54, 1.807) is 0 Å². The smallest absolute Gasteiger partial charge is 0.302 e. The predicted octanol–water partition coefficient (Wildman–Crippen LogP) is 4.74. The molecule has 3 aromatic carbocycles. The summed E-state index contributed by atoms with van der Waals surface area (Å²) in [5.41, 5.74) is 2.43. The molecule has 0 aliphatic heterocycles. The van der Waals surface area contributed by atoms with Gasteiger partial charge in [-0.05, 0) is 16.7 Å². The molecule has 330 valence electrons. The Hall–Kier alpha value is -3.35. The number of hydrogen-bond donors (Lipinski definition) is 0. The SMILES string of the molecule is CC(=O)OCCOCCOCCOCCOCCOCCOCCOCCOCCOCCOCCOCCOC(c1ccccc1)(c1ccccc1)c1ccccc1. The predicted molar refractivity (Wildman–Crippen MR) is 221 cm³/mol. The minimum atomic E-state index is -0.757. The Labute approximate surface area is 350 Å². The molecule has 0 amide bonds. The summed E-state index contributed by atoms with van der Waals surface area (Å²) < 4.78 is 72.3. The van der Waals surface area contributed by atoms with Crippen molar-refractivity contribution in [1.82, 2.24) is 0 Å². The van der Waals surface area contributed by atoms with Crippen LogP contribution in [0.5, 0.6) is 0 Å². The zero-order chi connectivity index (χ0) is 41.6. The second kappa shape index (κ2) is 35.4. The third-order valence-electron chi connectivity index (χ3n) is 8.34. The molecular formula is C45H66O14. The van der Waals surface area contributed by atoms with Crippen LogP contribution in [0.1, 0.15) is 23.6 Å². The Morgan fingerprint density at radius 1 is 0.322 bits per heavy atom. The van der Waals surface area contributed by atoms with Gasteiger partial charge in [-0.2, -0.15) is 0 Å². The first-order valence-corrected chi connectivity index (χ1v) is 20.5. The van der Waals surface area contributed by atoms with Crippen LogP contribution in [0.3, 0.4) is 0 Å². The molecule has 0 aromatic heterocycles. The lowest BCUT2D eigenvalue weighted by Gasteiger charge is -2.36. The van der Waals surface area contributed by atoms with Gasteiger partial charge in [-0.15, -0.1) is 0 Å². The van der Waals surface area contributed by atoms with E-state index in [9.17, 15) is 4.79 Å². The van der Waals surface area contributed by atoms with E-state index < -0.39 is 5.60 Å². The van der Waals surface area contributed by atoms with Gasteiger partial charge in [-0.1, -0.05) is 91.0 Å². The van der Waals surface area contributed by atoms with E-state index in [0.29, 0.717) is 152 Å². The van der Waals surface area contributed by atoms with E-state index in [-0.39, 0.29) is 12.6 Å². The van der Waals surface area contributed by atoms with Crippen LogP contribution in [-0.4, -0.2) is 165 Å². The van der Waals surface area contributed by atoms with Crippen LogP contribution in [0.25, 0.3) is 0 Å². The second-order valence-electron chi connectivity index (χ2n) is 12.7. The van der Waals surface area contributed by atoms with Crippen LogP contribution >= 0.6 is 0 Å². The lowest BCUT2D eigenvalue weighted by molar-refractivity contribution is -0.142. The monoisotopic (exact) mass is 830 g/mol. The average molecular weight is 831 g/mol. The third-order valence-corrected chi connectivity index (χ3v) is 8.34. The minimum Gasteiger partial charge on any atom is -0.463 e. The molecule has 0 N–H and O–H groups in total. The molecule has 0 heterocycles. The number of hydrogen-bond acceptors (Lipinski definition) is 14. The van der Waals surface area contributed by atoms with E-state index in [1.165, 1.54) is 6.92 Å². The summed E-state index contributed by atoms with van der Waals surface area (Å²) in [5.74, 6) is -0.313. The van der Waals surface area contributed by atoms with Crippen LogP contribution in [-0.2, 0) is 72.0 Å². The summed E-state index contributed by atoms with van der Waals surface area (Å²) in [6, 6.07) is 30.9. The molecule has 59 heavy (non-hydrogen) atoms. The van der Waals surface area contributed by atoms with Gasteiger partial charge in [-0.25, -0.2) is 0 Å². The number of benzene rings is 3. The second-order valence-corrected chi connectivity index (χ2v) is 12.7. The van der Waals surface area contributed by atoms with Crippen molar-refractivity contribution in [1.29, 1.82) is 0 Å². The fourth-order valence-corrected chi connectivity index (χ4v) is 5.57. The molecule has 0 spiro atoms. The lowest BCUT2D eigenvalue weighted by Crippen LogP contribution is -2.34. The first-order valence-electron chi connectivity index (χ1n) is 20.5. The quantitative estimate of drug-likeness (QED) is 0.0444. The van der Waals surface area contributed by atoms with Crippen molar-refractivity contribution in [2.75, 3.05) is 159 Å². The maximum Gasteiger partial charge on any atom is 0.302 e. The van der Waals surface area contributed by atoms with E-state index >= 15 is 0 Å². The summed E-state index contributed by atoms with van der Waals surface area (Å²) in [7, 11) is 0. The van der Waals surface area contributed by atoms with Crippen molar-refractivity contribution >= 4 is 5.97 Å². The molecular weight excluding hydrogens is 764 g/mol. The summed E-state index contributed by atoms with van der Waals surface area (Å²) in [6.07, 6.45) is 0. The van der Waals surface area contributed by atoms with Crippen molar-refractivity contribution < 1.29 is 66.4 Å². The van der Waals surface area contributed by atoms with Crippen molar-refractivity contribution in [2.24, 2.45) is 0 Å². The molecule has 0 radical (unpaired) electrons. The molecule has 0 saturated carbocycles. The number of esters is 1. The lowest BCUT2D eigenvalue weighted by atomic mass is 9.80. The summed E-state index contributed by atoms with van der Waals surface area (Å²) in [5, 5.41) is 0. The Morgan fingerprint density at radius 2 is 0.525 bits per heavy atom. The van der Waals surface area contributed by atoms with Crippen molar-refractivity contribution in [3.05, 3.63) is 108 Å². The van der Waals surface area contributed by atoms with Gasteiger partial charge in [0.15, 0.2) is 0 Å². The van der Waals surface area contributed by atoms with Gasteiger partial charge >= 0.3 is 5.97 Å². The summed E-state index contributed by atoms with van der Waals surface area (Å²) in [6.45, 7) is 12.4. The first-order chi connectivity index (χ1) is 29.2. The van der Waals surface area contributed by atoms with Gasteiger partial charge in [0.1, 0.15) is 12.2 Å². The number of carbonyl (C=O) groups is 1. The molecule has 0 fully saturated rings. The normalized spacial score (nSPS) is 11.6. The minimum absolute atomic E-state index is 0.254. The van der Waals surface area contributed by atoms with E-state index in [4.69, 9.17) is 61.6 Å². The highest BCUT2D eigenvalue weighted by molar-refractivity contribution is 5.65. The molecule has 0 unspecified atom stereocenters. The van der Waals surface area contributed by atoms with Crippen LogP contribution in [0.2, 0.25) is 0 Å². The number of carbonyl (C=O) groups excluding carboxylic acids is 1. The van der Waals surface area contributed by atoms with Crippen molar-refractivity contribution in [3.63, 3.8) is 0 Å². The van der Waals surface area contributed by atoms with Crippen LogP contribution in [0, 0.1) is 0 Å². The Morgan fingerprint density at radius 3 is 0.746 bits per heavy atom. The fourth-order valence-electron chi connectivity index (χ4n) is 5.57. The van der Waals surface area contributed by atoms with Crippen molar-refractivity contribution in [3.8, 4) is 0 Å². The Balaban J connectivity index is 1.02. The molecule has 14 nitrogen and oxygen atoms in total. The number of ether oxygens (including phenoxy) is 13. The van der Waals surface area contributed by atoms with Crippen LogP contribution < -0.4 is 0 Å². The number of rotatable bonds is 40. The maximum atomic E-state index is 10.6. The van der Waals surface area contributed by atoms with E-state index in [1.807, 2.05) is 54.6 Å². The van der Waals surface area contributed by atoms with Crippen molar-refractivity contribution in [2.45, 2.75) is 12.5 Å². The van der Waals surface area contributed by atoms with E-state index in [2.05, 4.69) is 36.4 Å². The van der Waals surface area contributed by atoms with Gasteiger partial charge < -0.3 is 61.6 Å². The van der Waals surface area contributed by atoms with Gasteiger partial charge in [-0.3, -0.25) is 4.79 Å². The van der Waals surface area contributed by atoms with Gasteiger partial charge in [0.25, 0.3) is 0 Å². The average Bonchev–Trinajstić information content (AvgIpc) is 3.27. The molecule has 0 bridgehead atoms. The van der Waals surface area contributed by atoms with Gasteiger partial charge in [0.05, 0.1) is 152 Å². The highest BCUT2D eigenvalue weighted by atomic mass is 16.6. The van der Waals surface area contributed by atoms with Gasteiger partial charge in [0, 0.05) is 6.92 Å². The third kappa shape index (κ3) is 23.9.